The number of ether oxygens (including phenoxy) is 1. The summed E-state index contributed by atoms with van der Waals surface area (Å²) in [4.78, 5) is 21.6. The Morgan fingerprint density at radius 2 is 2.03 bits per heavy atom. The zero-order valence-corrected chi connectivity index (χ0v) is 17.0. The average Bonchev–Trinajstić information content (AvgIpc) is 3.53. The second kappa shape index (κ2) is 7.56. The smallest absolute Gasteiger partial charge is 0.388 e. The Morgan fingerprint density at radius 3 is 2.69 bits per heavy atom. The van der Waals surface area contributed by atoms with E-state index in [4.69, 9.17) is 4.74 Å². The Morgan fingerprint density at radius 1 is 1.22 bits per heavy atom. The van der Waals surface area contributed by atoms with E-state index in [1.807, 2.05) is 6.20 Å². The molecule has 3 aromatic heterocycles. The molecule has 1 amide bonds. The molecule has 3 aromatic rings. The molecule has 2 fully saturated rings. The van der Waals surface area contributed by atoms with Crippen molar-refractivity contribution in [3.8, 4) is 0 Å². The lowest BCUT2D eigenvalue weighted by molar-refractivity contribution is -0.137. The normalized spacial score (nSPS) is 23.9. The number of alkyl halides is 3. The number of hydrogen-bond donors (Lipinski definition) is 2. The first-order chi connectivity index (χ1) is 15.3. The Hall–Kier alpha value is -2.98. The predicted octanol–water partition coefficient (Wildman–Crippen LogP) is 3.03. The van der Waals surface area contributed by atoms with Crippen molar-refractivity contribution in [1.29, 1.82) is 0 Å². The second-order valence-corrected chi connectivity index (χ2v) is 8.32. The molecule has 2 unspecified atom stereocenters. The topological polar surface area (TPSA) is 88.8 Å². The highest BCUT2D eigenvalue weighted by atomic mass is 19.4. The standard InChI is InChI=1S/C22H21F3N4O3/c23-22(24,25)15-3-4-17(26-10-15)21(6-8-32-12-18(21)30)28-20(31)16-5-7-29-11-14(13-1-2-13)9-27-19(16)29/h3-5,7,9-11,13,18,30H,1-2,6,8,12H2,(H,28,31). The van der Waals surface area contributed by atoms with Crippen LogP contribution in [0.25, 0.3) is 5.65 Å². The number of amides is 1. The number of nitrogens with one attached hydrogen (secondary N) is 1. The maximum absolute atomic E-state index is 13.2. The number of carbonyl (C=O) groups is 1. The predicted molar refractivity (Wildman–Crippen MR) is 107 cm³/mol. The number of hydrogen-bond acceptors (Lipinski definition) is 5. The molecule has 0 bridgehead atoms. The summed E-state index contributed by atoms with van der Waals surface area (Å²) in [5.74, 6) is 0.0137. The first-order valence-corrected chi connectivity index (χ1v) is 10.4. The molecule has 0 aromatic carbocycles. The summed E-state index contributed by atoms with van der Waals surface area (Å²) in [5.41, 5.74) is -0.269. The number of nitrogens with zero attached hydrogens (tertiary/aromatic N) is 3. The molecule has 0 radical (unpaired) electrons. The van der Waals surface area contributed by atoms with Gasteiger partial charge in [-0.25, -0.2) is 4.98 Å². The molecule has 5 rings (SSSR count). The van der Waals surface area contributed by atoms with Gasteiger partial charge in [-0.1, -0.05) is 0 Å². The molecule has 10 heteroatoms. The summed E-state index contributed by atoms with van der Waals surface area (Å²) < 4.78 is 46.0. The molecule has 2 N–H and O–H groups in total. The number of pyridine rings is 1. The third kappa shape index (κ3) is 3.63. The molecule has 168 valence electrons. The van der Waals surface area contributed by atoms with Gasteiger partial charge in [0.2, 0.25) is 0 Å². The average molecular weight is 446 g/mol. The number of aliphatic hydroxyl groups is 1. The van der Waals surface area contributed by atoms with Crippen LogP contribution in [0.5, 0.6) is 0 Å². The molecule has 7 nitrogen and oxygen atoms in total. The van der Waals surface area contributed by atoms with Crippen LogP contribution in [0.4, 0.5) is 13.2 Å². The summed E-state index contributed by atoms with van der Waals surface area (Å²) in [6.45, 7) is 0.127. The Balaban J connectivity index is 1.48. The fourth-order valence-corrected chi connectivity index (χ4v) is 4.15. The highest BCUT2D eigenvalue weighted by Gasteiger charge is 2.45. The molecule has 2 aliphatic rings. The Labute approximate surface area is 181 Å². The van der Waals surface area contributed by atoms with E-state index in [0.29, 0.717) is 23.3 Å². The molecular formula is C22H21F3N4O3. The van der Waals surface area contributed by atoms with Gasteiger partial charge >= 0.3 is 6.18 Å². The summed E-state index contributed by atoms with van der Waals surface area (Å²) >= 11 is 0. The van der Waals surface area contributed by atoms with E-state index in [2.05, 4.69) is 15.3 Å². The monoisotopic (exact) mass is 446 g/mol. The van der Waals surface area contributed by atoms with Gasteiger partial charge in [0, 0.05) is 37.8 Å². The van der Waals surface area contributed by atoms with Gasteiger partial charge in [0.1, 0.15) is 17.3 Å². The van der Waals surface area contributed by atoms with Gasteiger partial charge in [-0.05, 0) is 42.5 Å². The number of halogens is 3. The first kappa shape index (κ1) is 20.9. The molecule has 2 atom stereocenters. The minimum Gasteiger partial charge on any atom is -0.388 e. The number of aromatic nitrogens is 3. The highest BCUT2D eigenvalue weighted by Crippen LogP contribution is 2.40. The van der Waals surface area contributed by atoms with Crippen LogP contribution in [0.1, 0.15) is 52.4 Å². The van der Waals surface area contributed by atoms with Crippen LogP contribution in [0, 0.1) is 0 Å². The van der Waals surface area contributed by atoms with Crippen LogP contribution < -0.4 is 5.32 Å². The summed E-state index contributed by atoms with van der Waals surface area (Å²) in [6, 6.07) is 3.72. The maximum atomic E-state index is 13.2. The first-order valence-electron chi connectivity index (χ1n) is 10.4. The third-order valence-corrected chi connectivity index (χ3v) is 6.17. The van der Waals surface area contributed by atoms with Crippen LogP contribution in [-0.4, -0.2) is 44.7 Å². The summed E-state index contributed by atoms with van der Waals surface area (Å²) in [5, 5.41) is 13.6. The zero-order chi connectivity index (χ0) is 22.5. The molecule has 1 saturated carbocycles. The molecular weight excluding hydrogens is 425 g/mol. The van der Waals surface area contributed by atoms with Gasteiger partial charge in [0.25, 0.3) is 5.91 Å². The minimum absolute atomic E-state index is 0.0809. The van der Waals surface area contributed by atoms with Gasteiger partial charge in [-0.3, -0.25) is 9.78 Å². The zero-order valence-electron chi connectivity index (χ0n) is 17.0. The fraction of sp³-hybridized carbons (Fsp3) is 0.409. The van der Waals surface area contributed by atoms with Gasteiger partial charge in [-0.15, -0.1) is 0 Å². The number of carbonyl (C=O) groups excluding carboxylic acids is 1. The van der Waals surface area contributed by atoms with E-state index in [1.165, 1.54) is 6.07 Å². The van der Waals surface area contributed by atoms with Crippen molar-refractivity contribution >= 4 is 11.6 Å². The lowest BCUT2D eigenvalue weighted by Crippen LogP contribution is -2.58. The van der Waals surface area contributed by atoms with Gasteiger partial charge in [0.05, 0.1) is 23.4 Å². The number of fused-ring (bicyclic) bond motifs is 1. The highest BCUT2D eigenvalue weighted by molar-refractivity contribution is 6.00. The van der Waals surface area contributed by atoms with E-state index in [9.17, 15) is 23.1 Å². The molecule has 1 saturated heterocycles. The van der Waals surface area contributed by atoms with Crippen LogP contribution in [0.15, 0.2) is 43.0 Å². The molecule has 32 heavy (non-hydrogen) atoms. The van der Waals surface area contributed by atoms with E-state index < -0.39 is 29.3 Å². The number of rotatable bonds is 4. The lowest BCUT2D eigenvalue weighted by Gasteiger charge is -2.41. The molecule has 4 heterocycles. The van der Waals surface area contributed by atoms with E-state index in [0.717, 1.165) is 24.5 Å². The van der Waals surface area contributed by atoms with Crippen LogP contribution in [0.2, 0.25) is 0 Å². The van der Waals surface area contributed by atoms with Crippen molar-refractivity contribution in [2.45, 2.75) is 43.0 Å². The van der Waals surface area contributed by atoms with Crippen molar-refractivity contribution < 1.29 is 27.8 Å². The molecule has 1 aliphatic heterocycles. The fourth-order valence-electron chi connectivity index (χ4n) is 4.15. The van der Waals surface area contributed by atoms with Crippen molar-refractivity contribution in [3.63, 3.8) is 0 Å². The molecule has 1 aliphatic carbocycles. The third-order valence-electron chi connectivity index (χ3n) is 6.17. The van der Waals surface area contributed by atoms with Gasteiger partial charge < -0.3 is 19.6 Å². The Kier molecular flexibility index (Phi) is 4.94. The Bertz CT molecular complexity index is 1160. The summed E-state index contributed by atoms with van der Waals surface area (Å²) in [7, 11) is 0. The van der Waals surface area contributed by atoms with Crippen molar-refractivity contribution in [2.75, 3.05) is 13.2 Å². The van der Waals surface area contributed by atoms with Crippen LogP contribution >= 0.6 is 0 Å². The van der Waals surface area contributed by atoms with E-state index in [-0.39, 0.29) is 25.3 Å². The second-order valence-electron chi connectivity index (χ2n) is 8.32. The maximum Gasteiger partial charge on any atom is 0.417 e. The van der Waals surface area contributed by atoms with Crippen LogP contribution in [0.3, 0.4) is 0 Å². The number of aliphatic hydroxyl groups excluding tert-OH is 1. The summed E-state index contributed by atoms with van der Waals surface area (Å²) in [6.07, 6.45) is 2.86. The molecule has 0 spiro atoms. The lowest BCUT2D eigenvalue weighted by atomic mass is 9.83. The largest absolute Gasteiger partial charge is 0.417 e. The van der Waals surface area contributed by atoms with Gasteiger partial charge in [-0.2, -0.15) is 13.2 Å². The quantitative estimate of drug-likeness (QED) is 0.643. The minimum atomic E-state index is -4.54. The van der Waals surface area contributed by atoms with Crippen molar-refractivity contribution in [1.82, 2.24) is 19.7 Å². The van der Waals surface area contributed by atoms with E-state index >= 15 is 0 Å². The van der Waals surface area contributed by atoms with Crippen molar-refractivity contribution in [3.05, 3.63) is 65.4 Å². The van der Waals surface area contributed by atoms with E-state index in [1.54, 1.807) is 22.9 Å². The van der Waals surface area contributed by atoms with Gasteiger partial charge in [0.15, 0.2) is 0 Å². The van der Waals surface area contributed by atoms with Crippen molar-refractivity contribution in [2.24, 2.45) is 0 Å². The SMILES string of the molecule is O=C(NC1(c2ccc(C(F)(F)F)cn2)CCOCC1O)c1ccn2cc(C3CC3)cnc12. The van der Waals surface area contributed by atoms with Crippen LogP contribution in [-0.2, 0) is 16.5 Å².